The lowest BCUT2D eigenvalue weighted by Gasteiger charge is -2.35. The average molecular weight is 404 g/mol. The predicted octanol–water partition coefficient (Wildman–Crippen LogP) is 4.83. The fraction of sp³-hybridized carbons (Fsp3) is 0.381. The molecular weight excluding hydrogens is 381 g/mol. The maximum absolute atomic E-state index is 12.6. The Morgan fingerprint density at radius 2 is 1.67 bits per heavy atom. The van der Waals surface area contributed by atoms with Crippen LogP contribution in [0, 0.1) is 0 Å². The first-order valence-electron chi connectivity index (χ1n) is 9.43. The molecule has 0 unspecified atom stereocenters. The van der Waals surface area contributed by atoms with Crippen LogP contribution in [0.5, 0.6) is 0 Å². The predicted molar refractivity (Wildman–Crippen MR) is 111 cm³/mol. The van der Waals surface area contributed by atoms with E-state index in [4.69, 9.17) is 23.2 Å². The van der Waals surface area contributed by atoms with Crippen LogP contribution in [-0.2, 0) is 19.4 Å². The second-order valence-electron chi connectivity index (χ2n) is 7.23. The molecule has 1 saturated heterocycles. The zero-order valence-corrected chi connectivity index (χ0v) is 16.7. The molecule has 0 spiro atoms. The minimum absolute atomic E-state index is 0.0247. The fourth-order valence-electron chi connectivity index (χ4n) is 3.87. The average Bonchev–Trinajstić information content (AvgIpc) is 3.13. The molecule has 2 aromatic carbocycles. The molecular formula is C21H23Cl2N3O. The van der Waals surface area contributed by atoms with Crippen LogP contribution in [0.25, 0.3) is 0 Å². The molecule has 4 nitrogen and oxygen atoms in total. The summed E-state index contributed by atoms with van der Waals surface area (Å²) in [5.74, 6) is 0. The van der Waals surface area contributed by atoms with Crippen molar-refractivity contribution >= 4 is 34.9 Å². The summed E-state index contributed by atoms with van der Waals surface area (Å²) in [5.41, 5.74) is 4.64. The number of aryl methyl sites for hydroxylation is 2. The molecule has 1 aliphatic heterocycles. The zero-order valence-electron chi connectivity index (χ0n) is 15.2. The number of hydrogen-bond acceptors (Lipinski definition) is 2. The highest BCUT2D eigenvalue weighted by atomic mass is 35.5. The third-order valence-corrected chi connectivity index (χ3v) is 6.16. The van der Waals surface area contributed by atoms with Crippen molar-refractivity contribution in [3.05, 3.63) is 63.1 Å². The lowest BCUT2D eigenvalue weighted by Crippen LogP contribution is -2.49. The van der Waals surface area contributed by atoms with Crippen molar-refractivity contribution in [3.63, 3.8) is 0 Å². The lowest BCUT2D eigenvalue weighted by molar-refractivity contribution is 0.143. The van der Waals surface area contributed by atoms with Gasteiger partial charge in [0.25, 0.3) is 0 Å². The number of carbonyl (C=O) groups excluding carboxylic acids is 1. The zero-order chi connectivity index (χ0) is 18.8. The molecule has 1 N–H and O–H groups in total. The number of nitrogens with zero attached hydrogens (tertiary/aromatic N) is 2. The first kappa shape index (κ1) is 18.6. The Bertz CT molecular complexity index is 827. The summed E-state index contributed by atoms with van der Waals surface area (Å²) >= 11 is 12.5. The number of carbonyl (C=O) groups is 1. The fourth-order valence-corrected chi connectivity index (χ4v) is 4.39. The molecule has 2 aromatic rings. The number of halogens is 2. The standard InChI is InChI=1S/C21H23Cl2N3O/c22-19-5-2-6-20(23)18(19)14-25-9-11-26(12-10-25)21(27)24-17-8-7-15-3-1-4-16(15)13-17/h2,5-8,13H,1,3-4,9-12,14H2,(H,24,27). The van der Waals surface area contributed by atoms with Gasteiger partial charge >= 0.3 is 6.03 Å². The Morgan fingerprint density at radius 1 is 0.963 bits per heavy atom. The van der Waals surface area contributed by atoms with Crippen LogP contribution < -0.4 is 5.32 Å². The third-order valence-electron chi connectivity index (χ3n) is 5.45. The Balaban J connectivity index is 1.32. The lowest BCUT2D eigenvalue weighted by atomic mass is 10.1. The molecule has 2 aliphatic rings. The molecule has 0 aromatic heterocycles. The van der Waals surface area contributed by atoms with Gasteiger partial charge in [-0.1, -0.05) is 35.3 Å². The van der Waals surface area contributed by atoms with E-state index in [1.54, 1.807) is 0 Å². The third kappa shape index (κ3) is 4.23. The Kier molecular flexibility index (Phi) is 5.58. The minimum atomic E-state index is -0.0247. The van der Waals surface area contributed by atoms with E-state index in [1.807, 2.05) is 29.2 Å². The second-order valence-corrected chi connectivity index (χ2v) is 8.05. The van der Waals surface area contributed by atoms with Crippen LogP contribution in [0.15, 0.2) is 36.4 Å². The highest BCUT2D eigenvalue weighted by Gasteiger charge is 2.22. The number of piperazine rings is 1. The summed E-state index contributed by atoms with van der Waals surface area (Å²) in [7, 11) is 0. The van der Waals surface area contributed by atoms with Crippen molar-refractivity contribution < 1.29 is 4.79 Å². The van der Waals surface area contributed by atoms with Crippen molar-refractivity contribution in [2.75, 3.05) is 31.5 Å². The second kappa shape index (κ2) is 8.09. The highest BCUT2D eigenvalue weighted by Crippen LogP contribution is 2.27. The van der Waals surface area contributed by atoms with Gasteiger partial charge in [0.2, 0.25) is 0 Å². The summed E-state index contributed by atoms with van der Waals surface area (Å²) in [4.78, 5) is 16.8. The van der Waals surface area contributed by atoms with Crippen LogP contribution in [-0.4, -0.2) is 42.0 Å². The molecule has 1 aliphatic carbocycles. The first-order valence-corrected chi connectivity index (χ1v) is 10.2. The van der Waals surface area contributed by atoms with Gasteiger partial charge in [-0.25, -0.2) is 4.79 Å². The Labute approximate surface area is 170 Å². The molecule has 1 heterocycles. The van der Waals surface area contributed by atoms with E-state index in [2.05, 4.69) is 22.3 Å². The smallest absolute Gasteiger partial charge is 0.321 e. The van der Waals surface area contributed by atoms with Gasteiger partial charge in [-0.2, -0.15) is 0 Å². The molecule has 0 bridgehead atoms. The van der Waals surface area contributed by atoms with Gasteiger partial charge in [-0.05, 0) is 54.7 Å². The topological polar surface area (TPSA) is 35.6 Å². The Hall–Kier alpha value is -1.75. The summed E-state index contributed by atoms with van der Waals surface area (Å²) in [6, 6.07) is 11.8. The molecule has 142 valence electrons. The number of amides is 2. The van der Waals surface area contributed by atoms with Crippen LogP contribution in [0.4, 0.5) is 10.5 Å². The van der Waals surface area contributed by atoms with Crippen LogP contribution in [0.1, 0.15) is 23.1 Å². The van der Waals surface area contributed by atoms with Crippen LogP contribution in [0.3, 0.4) is 0 Å². The highest BCUT2D eigenvalue weighted by molar-refractivity contribution is 6.35. The number of fused-ring (bicyclic) bond motifs is 1. The summed E-state index contributed by atoms with van der Waals surface area (Å²) in [5, 5.41) is 4.44. The molecule has 27 heavy (non-hydrogen) atoms. The van der Waals surface area contributed by atoms with Crippen molar-refractivity contribution in [3.8, 4) is 0 Å². The molecule has 0 atom stereocenters. The Morgan fingerprint density at radius 3 is 2.41 bits per heavy atom. The number of nitrogens with one attached hydrogen (secondary N) is 1. The van der Waals surface area contributed by atoms with Crippen LogP contribution >= 0.6 is 23.2 Å². The van der Waals surface area contributed by atoms with E-state index in [0.29, 0.717) is 29.7 Å². The summed E-state index contributed by atoms with van der Waals surface area (Å²) in [6.45, 7) is 3.70. The number of benzene rings is 2. The quantitative estimate of drug-likeness (QED) is 0.795. The number of anilines is 1. The van der Waals surface area contributed by atoms with E-state index >= 15 is 0 Å². The number of rotatable bonds is 3. The maximum Gasteiger partial charge on any atom is 0.321 e. The van der Waals surface area contributed by atoms with Gasteiger partial charge in [0, 0.05) is 54.0 Å². The van der Waals surface area contributed by atoms with Gasteiger partial charge in [-0.3, -0.25) is 4.90 Å². The summed E-state index contributed by atoms with van der Waals surface area (Å²) < 4.78 is 0. The molecule has 4 rings (SSSR count). The number of urea groups is 1. The van der Waals surface area contributed by atoms with E-state index in [1.165, 1.54) is 17.5 Å². The van der Waals surface area contributed by atoms with E-state index in [0.717, 1.165) is 37.2 Å². The largest absolute Gasteiger partial charge is 0.322 e. The SMILES string of the molecule is O=C(Nc1ccc2c(c1)CCC2)N1CCN(Cc2c(Cl)cccc2Cl)CC1. The van der Waals surface area contributed by atoms with E-state index in [9.17, 15) is 4.79 Å². The monoisotopic (exact) mass is 403 g/mol. The van der Waals surface area contributed by atoms with Gasteiger partial charge in [-0.15, -0.1) is 0 Å². The van der Waals surface area contributed by atoms with E-state index in [-0.39, 0.29) is 6.03 Å². The molecule has 6 heteroatoms. The van der Waals surface area contributed by atoms with Gasteiger partial charge in [0.1, 0.15) is 0 Å². The van der Waals surface area contributed by atoms with Gasteiger partial charge in [0.15, 0.2) is 0 Å². The van der Waals surface area contributed by atoms with Crippen molar-refractivity contribution in [1.29, 1.82) is 0 Å². The van der Waals surface area contributed by atoms with Crippen molar-refractivity contribution in [1.82, 2.24) is 9.80 Å². The van der Waals surface area contributed by atoms with Gasteiger partial charge in [0.05, 0.1) is 0 Å². The minimum Gasteiger partial charge on any atom is -0.322 e. The molecule has 2 amide bonds. The van der Waals surface area contributed by atoms with E-state index < -0.39 is 0 Å². The number of hydrogen-bond donors (Lipinski definition) is 1. The van der Waals surface area contributed by atoms with Crippen LogP contribution in [0.2, 0.25) is 10.0 Å². The van der Waals surface area contributed by atoms with Crippen molar-refractivity contribution in [2.24, 2.45) is 0 Å². The van der Waals surface area contributed by atoms with Gasteiger partial charge < -0.3 is 10.2 Å². The maximum atomic E-state index is 12.6. The first-order chi connectivity index (χ1) is 13.1. The molecule has 0 radical (unpaired) electrons. The normalized spacial score (nSPS) is 17.0. The summed E-state index contributed by atoms with van der Waals surface area (Å²) in [6.07, 6.45) is 3.48. The van der Waals surface area contributed by atoms with Crippen molar-refractivity contribution in [2.45, 2.75) is 25.8 Å². The molecule has 1 fully saturated rings. The molecule has 0 saturated carbocycles.